The Balaban J connectivity index is 2.80. The molecule has 1 heterocycles. The first kappa shape index (κ1) is 14.2. The Bertz CT molecular complexity index is 423. The molecule has 0 saturated heterocycles. The zero-order valence-electron chi connectivity index (χ0n) is 10.8. The molecule has 0 spiro atoms. The van der Waals surface area contributed by atoms with Crippen LogP contribution in [0.15, 0.2) is 11.2 Å². The number of ether oxygens (including phenoxy) is 2. The molecule has 1 aromatic rings. The first-order valence-corrected chi connectivity index (χ1v) is 5.64. The molecule has 1 unspecified atom stereocenters. The standard InChI is InChI=1S/C11H18N4O3/c1-4-17-6-8(3)18-11-13-7(2)5-9(14-11)10(12)15-16/h5,8,16H,4,6H2,1-3H3,(H2,12,15). The van der Waals surface area contributed by atoms with Crippen LogP contribution in [-0.2, 0) is 4.74 Å². The Morgan fingerprint density at radius 1 is 1.56 bits per heavy atom. The number of nitrogens with zero attached hydrogens (tertiary/aromatic N) is 3. The second-order valence-corrected chi connectivity index (χ2v) is 3.75. The van der Waals surface area contributed by atoms with Crippen LogP contribution in [0.2, 0.25) is 0 Å². The zero-order chi connectivity index (χ0) is 13.5. The number of rotatable bonds is 6. The molecule has 0 aliphatic heterocycles. The molecule has 18 heavy (non-hydrogen) atoms. The van der Waals surface area contributed by atoms with E-state index in [1.165, 1.54) is 0 Å². The third-order valence-corrected chi connectivity index (χ3v) is 2.07. The molecule has 7 nitrogen and oxygen atoms in total. The minimum atomic E-state index is -0.174. The van der Waals surface area contributed by atoms with Crippen molar-refractivity contribution in [1.82, 2.24) is 9.97 Å². The highest BCUT2D eigenvalue weighted by atomic mass is 16.5. The summed E-state index contributed by atoms with van der Waals surface area (Å²) in [7, 11) is 0. The van der Waals surface area contributed by atoms with Gasteiger partial charge in [0, 0.05) is 12.3 Å². The van der Waals surface area contributed by atoms with E-state index >= 15 is 0 Å². The van der Waals surface area contributed by atoms with Crippen molar-refractivity contribution in [2.75, 3.05) is 13.2 Å². The summed E-state index contributed by atoms with van der Waals surface area (Å²) in [4.78, 5) is 8.17. The van der Waals surface area contributed by atoms with Gasteiger partial charge in [0.15, 0.2) is 5.84 Å². The van der Waals surface area contributed by atoms with E-state index in [2.05, 4.69) is 15.1 Å². The lowest BCUT2D eigenvalue weighted by Crippen LogP contribution is -2.22. The monoisotopic (exact) mass is 254 g/mol. The molecule has 0 radical (unpaired) electrons. The van der Waals surface area contributed by atoms with Crippen molar-refractivity contribution >= 4 is 5.84 Å². The first-order chi connectivity index (χ1) is 8.56. The fourth-order valence-electron chi connectivity index (χ4n) is 1.27. The van der Waals surface area contributed by atoms with Gasteiger partial charge >= 0.3 is 6.01 Å². The molecule has 7 heteroatoms. The first-order valence-electron chi connectivity index (χ1n) is 5.64. The molecule has 1 aromatic heterocycles. The van der Waals surface area contributed by atoms with Crippen molar-refractivity contribution < 1.29 is 14.7 Å². The summed E-state index contributed by atoms with van der Waals surface area (Å²) in [6, 6.07) is 1.79. The predicted molar refractivity (Wildman–Crippen MR) is 65.9 cm³/mol. The molecular formula is C11H18N4O3. The van der Waals surface area contributed by atoms with E-state index in [0.29, 0.717) is 24.6 Å². The van der Waals surface area contributed by atoms with Gasteiger partial charge in [-0.2, -0.15) is 4.98 Å². The maximum absolute atomic E-state index is 8.61. The van der Waals surface area contributed by atoms with Gasteiger partial charge in [0.05, 0.1) is 6.61 Å². The molecule has 1 rings (SSSR count). The van der Waals surface area contributed by atoms with Gasteiger partial charge in [0.1, 0.15) is 11.8 Å². The van der Waals surface area contributed by atoms with Crippen molar-refractivity contribution in [3.8, 4) is 6.01 Å². The summed E-state index contributed by atoms with van der Waals surface area (Å²) in [6.07, 6.45) is -0.174. The van der Waals surface area contributed by atoms with E-state index in [1.54, 1.807) is 13.0 Å². The van der Waals surface area contributed by atoms with Crippen LogP contribution in [0.25, 0.3) is 0 Å². The second kappa shape index (κ2) is 6.75. The fraction of sp³-hybridized carbons (Fsp3) is 0.545. The number of nitrogens with two attached hydrogens (primary N) is 1. The van der Waals surface area contributed by atoms with E-state index in [0.717, 1.165) is 0 Å². The highest BCUT2D eigenvalue weighted by molar-refractivity contribution is 5.95. The van der Waals surface area contributed by atoms with Gasteiger partial charge in [-0.25, -0.2) is 4.98 Å². The van der Waals surface area contributed by atoms with Crippen LogP contribution < -0.4 is 10.5 Å². The minimum absolute atomic E-state index is 0.0807. The highest BCUT2D eigenvalue weighted by Gasteiger charge is 2.10. The summed E-state index contributed by atoms with van der Waals surface area (Å²) in [6.45, 7) is 6.61. The number of oxime groups is 1. The summed E-state index contributed by atoms with van der Waals surface area (Å²) < 4.78 is 10.7. The van der Waals surface area contributed by atoms with Crippen molar-refractivity contribution in [2.24, 2.45) is 10.9 Å². The molecule has 1 atom stereocenters. The molecule has 0 fully saturated rings. The predicted octanol–water partition coefficient (Wildman–Crippen LogP) is 0.683. The average molecular weight is 254 g/mol. The molecule has 0 amide bonds. The lowest BCUT2D eigenvalue weighted by atomic mass is 10.3. The summed E-state index contributed by atoms with van der Waals surface area (Å²) in [5.41, 5.74) is 6.47. The van der Waals surface area contributed by atoms with E-state index in [-0.39, 0.29) is 18.0 Å². The van der Waals surface area contributed by atoms with Gasteiger partial charge in [-0.3, -0.25) is 0 Å². The van der Waals surface area contributed by atoms with Gasteiger partial charge in [-0.15, -0.1) is 0 Å². The SMILES string of the molecule is CCOCC(C)Oc1nc(C)cc(/C(N)=N/O)n1. The summed E-state index contributed by atoms with van der Waals surface area (Å²) in [5.74, 6) is -0.0807. The molecule has 3 N–H and O–H groups in total. The average Bonchev–Trinajstić information content (AvgIpc) is 2.34. The second-order valence-electron chi connectivity index (χ2n) is 3.75. The topological polar surface area (TPSA) is 103 Å². The lowest BCUT2D eigenvalue weighted by molar-refractivity contribution is 0.0606. The summed E-state index contributed by atoms with van der Waals surface area (Å²) in [5, 5.41) is 11.5. The largest absolute Gasteiger partial charge is 0.458 e. The van der Waals surface area contributed by atoms with Gasteiger partial charge in [-0.05, 0) is 26.8 Å². The zero-order valence-corrected chi connectivity index (χ0v) is 10.8. The third-order valence-electron chi connectivity index (χ3n) is 2.07. The van der Waals surface area contributed by atoms with Gasteiger partial charge in [0.2, 0.25) is 0 Å². The van der Waals surface area contributed by atoms with Crippen LogP contribution in [0.3, 0.4) is 0 Å². The third kappa shape index (κ3) is 4.17. The van der Waals surface area contributed by atoms with Crippen molar-refractivity contribution in [3.63, 3.8) is 0 Å². The van der Waals surface area contributed by atoms with E-state index in [9.17, 15) is 0 Å². The van der Waals surface area contributed by atoms with Crippen LogP contribution in [0.4, 0.5) is 0 Å². The lowest BCUT2D eigenvalue weighted by Gasteiger charge is -2.13. The number of amidine groups is 1. The van der Waals surface area contributed by atoms with Crippen LogP contribution >= 0.6 is 0 Å². The maximum atomic E-state index is 8.61. The van der Waals surface area contributed by atoms with Gasteiger partial charge in [-0.1, -0.05) is 5.16 Å². The van der Waals surface area contributed by atoms with E-state index in [1.807, 2.05) is 13.8 Å². The quantitative estimate of drug-likeness (QED) is 0.335. The van der Waals surface area contributed by atoms with Crippen molar-refractivity contribution in [1.29, 1.82) is 0 Å². The van der Waals surface area contributed by atoms with Crippen LogP contribution in [0.1, 0.15) is 25.2 Å². The Labute approximate surface area is 106 Å². The maximum Gasteiger partial charge on any atom is 0.317 e. The fourth-order valence-corrected chi connectivity index (χ4v) is 1.27. The molecule has 0 aliphatic rings. The molecular weight excluding hydrogens is 236 g/mol. The molecule has 0 aromatic carbocycles. The number of aryl methyl sites for hydroxylation is 1. The number of aromatic nitrogens is 2. The number of hydrogen-bond acceptors (Lipinski definition) is 6. The Kier molecular flexibility index (Phi) is 5.31. The Hall–Kier alpha value is -1.89. The highest BCUT2D eigenvalue weighted by Crippen LogP contribution is 2.09. The molecule has 0 saturated carbocycles. The van der Waals surface area contributed by atoms with Crippen molar-refractivity contribution in [3.05, 3.63) is 17.5 Å². The molecule has 100 valence electrons. The number of hydrogen-bond donors (Lipinski definition) is 2. The summed E-state index contributed by atoms with van der Waals surface area (Å²) >= 11 is 0. The molecule has 0 aliphatic carbocycles. The van der Waals surface area contributed by atoms with Crippen LogP contribution in [0.5, 0.6) is 6.01 Å². The van der Waals surface area contributed by atoms with E-state index < -0.39 is 0 Å². The van der Waals surface area contributed by atoms with Crippen LogP contribution in [-0.4, -0.2) is 40.3 Å². The van der Waals surface area contributed by atoms with E-state index in [4.69, 9.17) is 20.4 Å². The smallest absolute Gasteiger partial charge is 0.317 e. The van der Waals surface area contributed by atoms with Crippen molar-refractivity contribution in [2.45, 2.75) is 26.9 Å². The Morgan fingerprint density at radius 2 is 2.28 bits per heavy atom. The van der Waals surface area contributed by atoms with Gasteiger partial charge < -0.3 is 20.4 Å². The minimum Gasteiger partial charge on any atom is -0.458 e. The van der Waals surface area contributed by atoms with Crippen LogP contribution in [0, 0.1) is 6.92 Å². The Morgan fingerprint density at radius 3 is 2.89 bits per heavy atom. The normalized spacial score (nSPS) is 13.4. The van der Waals surface area contributed by atoms with Gasteiger partial charge in [0.25, 0.3) is 0 Å². The molecule has 0 bridgehead atoms.